The Labute approximate surface area is 112 Å². The van der Waals surface area contributed by atoms with Crippen molar-refractivity contribution in [1.82, 2.24) is 5.32 Å². The van der Waals surface area contributed by atoms with Crippen molar-refractivity contribution in [3.8, 4) is 0 Å². The molecular weight excluding hydrogens is 244 g/mol. The number of amides is 1. The molecule has 1 unspecified atom stereocenters. The van der Waals surface area contributed by atoms with E-state index in [1.807, 2.05) is 37.2 Å². The van der Waals surface area contributed by atoms with E-state index in [0.717, 1.165) is 5.69 Å². The molecule has 104 valence electrons. The van der Waals surface area contributed by atoms with Crippen LogP contribution < -0.4 is 16.0 Å². The van der Waals surface area contributed by atoms with Gasteiger partial charge < -0.3 is 21.2 Å². The largest absolute Gasteiger partial charge is 0.409 e. The van der Waals surface area contributed by atoms with Crippen molar-refractivity contribution in [2.24, 2.45) is 10.9 Å². The molecule has 0 radical (unpaired) electrons. The highest BCUT2D eigenvalue weighted by Gasteiger charge is 2.11. The molecule has 4 N–H and O–H groups in total. The summed E-state index contributed by atoms with van der Waals surface area (Å²) >= 11 is 0. The number of nitrogens with zero attached hydrogens (tertiary/aromatic N) is 2. The van der Waals surface area contributed by atoms with Crippen LogP contribution in [0.15, 0.2) is 29.4 Å². The van der Waals surface area contributed by atoms with Crippen LogP contribution >= 0.6 is 0 Å². The van der Waals surface area contributed by atoms with E-state index in [9.17, 15) is 4.79 Å². The Hall–Kier alpha value is -2.24. The number of hydrogen-bond acceptors (Lipinski definition) is 4. The van der Waals surface area contributed by atoms with Gasteiger partial charge in [0.05, 0.1) is 0 Å². The zero-order valence-corrected chi connectivity index (χ0v) is 11.4. The number of carbonyl (C=O) groups is 1. The number of nitrogens with two attached hydrogens (primary N) is 1. The van der Waals surface area contributed by atoms with Crippen LogP contribution in [0.25, 0.3) is 0 Å². The van der Waals surface area contributed by atoms with E-state index >= 15 is 0 Å². The Kier molecular flexibility index (Phi) is 5.17. The first kappa shape index (κ1) is 14.8. The van der Waals surface area contributed by atoms with Gasteiger partial charge in [0, 0.05) is 37.8 Å². The van der Waals surface area contributed by atoms with E-state index in [-0.39, 0.29) is 17.8 Å². The smallest absolute Gasteiger partial charge is 0.251 e. The van der Waals surface area contributed by atoms with Crippen molar-refractivity contribution in [3.05, 3.63) is 29.8 Å². The molecule has 1 amide bonds. The van der Waals surface area contributed by atoms with Crippen LogP contribution in [0.3, 0.4) is 0 Å². The molecule has 1 aromatic carbocycles. The van der Waals surface area contributed by atoms with E-state index in [1.54, 1.807) is 13.0 Å². The third-order valence-electron chi connectivity index (χ3n) is 2.65. The lowest BCUT2D eigenvalue weighted by atomic mass is 10.1. The lowest BCUT2D eigenvalue weighted by Gasteiger charge is -2.15. The van der Waals surface area contributed by atoms with E-state index < -0.39 is 0 Å². The van der Waals surface area contributed by atoms with Gasteiger partial charge in [-0.2, -0.15) is 0 Å². The minimum Gasteiger partial charge on any atom is -0.409 e. The molecule has 1 aromatic rings. The Balaban J connectivity index is 2.70. The van der Waals surface area contributed by atoms with Gasteiger partial charge in [-0.25, -0.2) is 0 Å². The Bertz CT molecular complexity index is 471. The van der Waals surface area contributed by atoms with Gasteiger partial charge in [0.2, 0.25) is 0 Å². The number of benzene rings is 1. The van der Waals surface area contributed by atoms with E-state index in [0.29, 0.717) is 12.0 Å². The standard InChI is InChI=1S/C13H20N4O2/c1-9(7-12(14)16-19)15-13(18)10-5-4-6-11(8-10)17(2)3/h4-6,8-9,19H,7H2,1-3H3,(H2,14,16)(H,15,18). The molecule has 6 nitrogen and oxygen atoms in total. The molecule has 0 aromatic heterocycles. The van der Waals surface area contributed by atoms with Crippen molar-refractivity contribution >= 4 is 17.4 Å². The predicted octanol–water partition coefficient (Wildman–Crippen LogP) is 1.01. The van der Waals surface area contributed by atoms with Crippen LogP contribution in [0, 0.1) is 0 Å². The summed E-state index contributed by atoms with van der Waals surface area (Å²) in [6.07, 6.45) is 0.301. The number of carbonyl (C=O) groups excluding carboxylic acids is 1. The fourth-order valence-electron chi connectivity index (χ4n) is 1.64. The molecule has 0 saturated carbocycles. The Morgan fingerprint density at radius 1 is 1.53 bits per heavy atom. The van der Waals surface area contributed by atoms with Crippen LogP contribution in [0.5, 0.6) is 0 Å². The van der Waals surface area contributed by atoms with Crippen LogP contribution in [-0.2, 0) is 0 Å². The topological polar surface area (TPSA) is 91.0 Å². The SMILES string of the molecule is CC(CC(N)=NO)NC(=O)c1cccc(N(C)C)c1. The number of amidine groups is 1. The van der Waals surface area contributed by atoms with Crippen LogP contribution in [0.2, 0.25) is 0 Å². The van der Waals surface area contributed by atoms with Crippen molar-refractivity contribution in [2.75, 3.05) is 19.0 Å². The summed E-state index contributed by atoms with van der Waals surface area (Å²) in [5.74, 6) is -0.0863. The van der Waals surface area contributed by atoms with Gasteiger partial charge in [-0.15, -0.1) is 0 Å². The first-order valence-corrected chi connectivity index (χ1v) is 5.98. The van der Waals surface area contributed by atoms with Crippen LogP contribution in [0.4, 0.5) is 5.69 Å². The molecule has 0 aliphatic rings. The number of anilines is 1. The predicted molar refractivity (Wildman–Crippen MR) is 75.7 cm³/mol. The Morgan fingerprint density at radius 3 is 2.79 bits per heavy atom. The van der Waals surface area contributed by atoms with Crippen molar-refractivity contribution < 1.29 is 10.0 Å². The molecule has 0 fully saturated rings. The number of nitrogens with one attached hydrogen (secondary N) is 1. The normalized spacial score (nSPS) is 12.9. The van der Waals surface area contributed by atoms with E-state index in [4.69, 9.17) is 10.9 Å². The van der Waals surface area contributed by atoms with Gasteiger partial charge in [-0.3, -0.25) is 4.79 Å². The van der Waals surface area contributed by atoms with Crippen molar-refractivity contribution in [2.45, 2.75) is 19.4 Å². The first-order valence-electron chi connectivity index (χ1n) is 5.98. The molecule has 1 rings (SSSR count). The minimum atomic E-state index is -0.202. The van der Waals surface area contributed by atoms with Crippen LogP contribution in [-0.4, -0.2) is 37.1 Å². The molecule has 6 heteroatoms. The first-order chi connectivity index (χ1) is 8.93. The molecule has 0 aliphatic heterocycles. The van der Waals surface area contributed by atoms with Gasteiger partial charge in [0.1, 0.15) is 5.84 Å². The average Bonchev–Trinajstić information content (AvgIpc) is 2.38. The number of hydrogen-bond donors (Lipinski definition) is 3. The highest BCUT2D eigenvalue weighted by Crippen LogP contribution is 2.13. The molecule has 0 aliphatic carbocycles. The molecule has 0 bridgehead atoms. The summed E-state index contributed by atoms with van der Waals surface area (Å²) in [6.45, 7) is 1.80. The van der Waals surface area contributed by atoms with Gasteiger partial charge in [0.25, 0.3) is 5.91 Å². The monoisotopic (exact) mass is 264 g/mol. The third kappa shape index (κ3) is 4.50. The molecule has 0 spiro atoms. The zero-order chi connectivity index (χ0) is 14.4. The maximum atomic E-state index is 12.0. The number of rotatable bonds is 5. The summed E-state index contributed by atoms with van der Waals surface area (Å²) in [7, 11) is 3.83. The lowest BCUT2D eigenvalue weighted by molar-refractivity contribution is 0.0941. The van der Waals surface area contributed by atoms with Gasteiger partial charge >= 0.3 is 0 Å². The third-order valence-corrected chi connectivity index (χ3v) is 2.65. The second-order valence-electron chi connectivity index (χ2n) is 4.61. The van der Waals surface area contributed by atoms with Gasteiger partial charge in [0.15, 0.2) is 0 Å². The second-order valence-corrected chi connectivity index (χ2v) is 4.61. The van der Waals surface area contributed by atoms with Crippen molar-refractivity contribution in [3.63, 3.8) is 0 Å². The summed E-state index contributed by atoms with van der Waals surface area (Å²) in [5, 5.41) is 14.2. The second kappa shape index (κ2) is 6.63. The molecular formula is C13H20N4O2. The quantitative estimate of drug-likeness (QED) is 0.320. The fraction of sp³-hybridized carbons (Fsp3) is 0.385. The lowest BCUT2D eigenvalue weighted by Crippen LogP contribution is -2.35. The summed E-state index contributed by atoms with van der Waals surface area (Å²) < 4.78 is 0. The average molecular weight is 264 g/mol. The summed E-state index contributed by atoms with van der Waals surface area (Å²) in [4.78, 5) is 14.0. The zero-order valence-electron chi connectivity index (χ0n) is 11.4. The summed E-state index contributed by atoms with van der Waals surface area (Å²) in [5.41, 5.74) is 6.93. The van der Waals surface area contributed by atoms with Gasteiger partial charge in [-0.05, 0) is 25.1 Å². The highest BCUT2D eigenvalue weighted by atomic mass is 16.4. The maximum absolute atomic E-state index is 12.0. The minimum absolute atomic E-state index is 0.0924. The molecule has 19 heavy (non-hydrogen) atoms. The van der Waals surface area contributed by atoms with Crippen molar-refractivity contribution in [1.29, 1.82) is 0 Å². The molecule has 1 atom stereocenters. The maximum Gasteiger partial charge on any atom is 0.251 e. The van der Waals surface area contributed by atoms with E-state index in [2.05, 4.69) is 10.5 Å². The van der Waals surface area contributed by atoms with E-state index in [1.165, 1.54) is 0 Å². The highest BCUT2D eigenvalue weighted by molar-refractivity contribution is 5.95. The fourth-order valence-corrected chi connectivity index (χ4v) is 1.64. The summed E-state index contributed by atoms with van der Waals surface area (Å²) in [6, 6.07) is 7.12. The van der Waals surface area contributed by atoms with Crippen LogP contribution in [0.1, 0.15) is 23.7 Å². The number of oxime groups is 1. The van der Waals surface area contributed by atoms with Gasteiger partial charge in [-0.1, -0.05) is 11.2 Å². The Morgan fingerprint density at radius 2 is 2.21 bits per heavy atom. The molecule has 0 heterocycles. The molecule has 0 saturated heterocycles.